The van der Waals surface area contributed by atoms with E-state index in [9.17, 15) is 4.79 Å². The lowest BCUT2D eigenvalue weighted by Gasteiger charge is -2.04. The minimum absolute atomic E-state index is 0.0122. The molecule has 0 saturated carbocycles. The van der Waals surface area contributed by atoms with Crippen molar-refractivity contribution in [1.29, 1.82) is 0 Å². The molecule has 4 aromatic rings. The fourth-order valence-electron chi connectivity index (χ4n) is 3.55. The van der Waals surface area contributed by atoms with Gasteiger partial charge < -0.3 is 9.72 Å². The van der Waals surface area contributed by atoms with E-state index >= 15 is 0 Å². The van der Waals surface area contributed by atoms with E-state index < -0.39 is 0 Å². The lowest BCUT2D eigenvalue weighted by atomic mass is 10.0. The number of fused-ring (bicyclic) bond motifs is 1. The van der Waals surface area contributed by atoms with Gasteiger partial charge in [-0.2, -0.15) is 9.67 Å². The van der Waals surface area contributed by atoms with Crippen LogP contribution in [0.5, 0.6) is 5.88 Å². The number of hydrogen-bond acceptors (Lipinski definition) is 4. The summed E-state index contributed by atoms with van der Waals surface area (Å²) in [6.07, 6.45) is 2.02. The molecule has 7 nitrogen and oxygen atoms in total. The third-order valence-electron chi connectivity index (χ3n) is 5.52. The minimum Gasteiger partial charge on any atom is -0.448 e. The highest BCUT2D eigenvalue weighted by Crippen LogP contribution is 2.26. The molecule has 2 N–H and O–H groups in total. The second kappa shape index (κ2) is 7.16. The van der Waals surface area contributed by atoms with Crippen molar-refractivity contribution in [1.82, 2.24) is 20.2 Å². The standard InChI is InChI=1S/C22H23N5O2/c1-12-13(2)25-26-21(12)19(28)9-15-8-16-10-18(24-22(16)23-11-15)17-6-7-20(29-5)27(4)14(17)3/h6-8,10-11H,9H2,1-5H3,(H-,23,24,25,26,28)/p+1. The highest BCUT2D eigenvalue weighted by molar-refractivity contribution is 5.97. The monoisotopic (exact) mass is 390 g/mol. The fourth-order valence-corrected chi connectivity index (χ4v) is 3.55. The van der Waals surface area contributed by atoms with E-state index in [2.05, 4.69) is 33.2 Å². The number of methoxy groups -OCH3 is 1. The fraction of sp³-hybridized carbons (Fsp3) is 0.273. The van der Waals surface area contributed by atoms with Crippen molar-refractivity contribution in [3.63, 3.8) is 0 Å². The molecule has 0 aliphatic carbocycles. The molecule has 29 heavy (non-hydrogen) atoms. The average molecular weight is 390 g/mol. The lowest BCUT2D eigenvalue weighted by Crippen LogP contribution is -2.34. The van der Waals surface area contributed by atoms with E-state index in [0.29, 0.717) is 5.69 Å². The van der Waals surface area contributed by atoms with Crippen LogP contribution in [0.4, 0.5) is 0 Å². The maximum absolute atomic E-state index is 12.6. The number of carbonyl (C=O) groups excluding carboxylic acids is 1. The van der Waals surface area contributed by atoms with Crippen LogP contribution in [0, 0.1) is 20.8 Å². The van der Waals surface area contributed by atoms with Gasteiger partial charge in [0.05, 0.1) is 24.4 Å². The van der Waals surface area contributed by atoms with Gasteiger partial charge in [0.2, 0.25) is 0 Å². The number of rotatable bonds is 5. The Labute approximate surface area is 168 Å². The van der Waals surface area contributed by atoms with Crippen molar-refractivity contribution in [2.45, 2.75) is 27.2 Å². The Hall–Kier alpha value is -3.48. The largest absolute Gasteiger partial charge is 0.448 e. The van der Waals surface area contributed by atoms with Gasteiger partial charge in [0.1, 0.15) is 18.4 Å². The number of Topliss-reactive ketones (excluding diaryl/α,β-unsaturated/α-hetero) is 1. The van der Waals surface area contributed by atoms with Crippen LogP contribution in [-0.4, -0.2) is 33.1 Å². The van der Waals surface area contributed by atoms with Gasteiger partial charge in [0, 0.05) is 36.2 Å². The zero-order valence-corrected chi connectivity index (χ0v) is 17.3. The summed E-state index contributed by atoms with van der Waals surface area (Å²) in [5.41, 5.74) is 7.11. The molecule has 0 bridgehead atoms. The number of H-pyrrole nitrogens is 2. The van der Waals surface area contributed by atoms with Gasteiger partial charge in [-0.15, -0.1) is 0 Å². The van der Waals surface area contributed by atoms with Gasteiger partial charge in [-0.05, 0) is 37.6 Å². The third kappa shape index (κ3) is 3.29. The molecular weight excluding hydrogens is 366 g/mol. The third-order valence-corrected chi connectivity index (χ3v) is 5.52. The first-order chi connectivity index (χ1) is 13.9. The average Bonchev–Trinajstić information content (AvgIpc) is 3.27. The van der Waals surface area contributed by atoms with E-state index in [1.165, 1.54) is 0 Å². The van der Waals surface area contributed by atoms with Crippen LogP contribution < -0.4 is 9.30 Å². The van der Waals surface area contributed by atoms with Crippen LogP contribution in [0.1, 0.15) is 33.0 Å². The molecule has 0 aliphatic heterocycles. The number of ether oxygens (including phenoxy) is 1. The predicted molar refractivity (Wildman–Crippen MR) is 110 cm³/mol. The van der Waals surface area contributed by atoms with Gasteiger partial charge in [-0.3, -0.25) is 9.89 Å². The summed E-state index contributed by atoms with van der Waals surface area (Å²) < 4.78 is 7.38. The van der Waals surface area contributed by atoms with E-state index in [-0.39, 0.29) is 12.2 Å². The summed E-state index contributed by atoms with van der Waals surface area (Å²) in [7, 11) is 3.64. The van der Waals surface area contributed by atoms with Gasteiger partial charge >= 0.3 is 5.88 Å². The summed E-state index contributed by atoms with van der Waals surface area (Å²) in [4.78, 5) is 20.5. The highest BCUT2D eigenvalue weighted by Gasteiger charge is 2.18. The number of aryl methyl sites for hydroxylation is 1. The van der Waals surface area contributed by atoms with Gasteiger partial charge in [-0.25, -0.2) is 4.98 Å². The molecule has 0 fully saturated rings. The molecule has 4 rings (SSSR count). The van der Waals surface area contributed by atoms with E-state index in [4.69, 9.17) is 4.74 Å². The summed E-state index contributed by atoms with van der Waals surface area (Å²) >= 11 is 0. The maximum atomic E-state index is 12.6. The number of carbonyl (C=O) groups is 1. The Morgan fingerprint density at radius 3 is 2.69 bits per heavy atom. The molecule has 0 aromatic carbocycles. The molecule has 0 aliphatic rings. The van der Waals surface area contributed by atoms with Gasteiger partial charge in [-0.1, -0.05) is 0 Å². The Morgan fingerprint density at radius 1 is 1.21 bits per heavy atom. The van der Waals surface area contributed by atoms with Gasteiger partial charge in [0.15, 0.2) is 11.5 Å². The van der Waals surface area contributed by atoms with Crippen molar-refractivity contribution >= 4 is 16.8 Å². The number of aromatic amines is 2. The molecule has 4 aromatic heterocycles. The zero-order valence-electron chi connectivity index (χ0n) is 17.3. The normalized spacial score (nSPS) is 11.2. The molecule has 0 spiro atoms. The van der Waals surface area contributed by atoms with Crippen LogP contribution in [0.3, 0.4) is 0 Å². The molecule has 0 saturated heterocycles. The predicted octanol–water partition coefficient (Wildman–Crippen LogP) is 3.14. The first-order valence-corrected chi connectivity index (χ1v) is 9.45. The topological polar surface area (TPSA) is 87.5 Å². The number of nitrogens with zero attached hydrogens (tertiary/aromatic N) is 3. The lowest BCUT2D eigenvalue weighted by molar-refractivity contribution is -0.682. The first kappa shape index (κ1) is 18.9. The Bertz CT molecular complexity index is 1240. The first-order valence-electron chi connectivity index (χ1n) is 9.45. The summed E-state index contributed by atoms with van der Waals surface area (Å²) in [5, 5.41) is 7.98. The molecule has 0 unspecified atom stereocenters. The van der Waals surface area contributed by atoms with Crippen LogP contribution in [0.2, 0.25) is 0 Å². The molecule has 0 radical (unpaired) electrons. The number of ketones is 1. The van der Waals surface area contributed by atoms with Gasteiger partial charge in [0.25, 0.3) is 0 Å². The maximum Gasteiger partial charge on any atom is 0.367 e. The number of pyridine rings is 2. The number of nitrogens with one attached hydrogen (secondary N) is 2. The van der Waals surface area contributed by atoms with Crippen LogP contribution in [-0.2, 0) is 13.5 Å². The molecule has 7 heteroatoms. The molecule has 0 amide bonds. The van der Waals surface area contributed by atoms with E-state index in [1.807, 2.05) is 43.7 Å². The second-order valence-corrected chi connectivity index (χ2v) is 7.32. The summed E-state index contributed by atoms with van der Waals surface area (Å²) in [6, 6.07) is 8.05. The van der Waals surface area contributed by atoms with Crippen LogP contribution >= 0.6 is 0 Å². The van der Waals surface area contributed by atoms with Crippen molar-refractivity contribution in [2.24, 2.45) is 7.05 Å². The summed E-state index contributed by atoms with van der Waals surface area (Å²) in [5.74, 6) is 0.784. The Balaban J connectivity index is 1.66. The van der Waals surface area contributed by atoms with Crippen molar-refractivity contribution in [2.75, 3.05) is 7.11 Å². The van der Waals surface area contributed by atoms with Crippen LogP contribution in [0.15, 0.2) is 30.5 Å². The van der Waals surface area contributed by atoms with Crippen molar-refractivity contribution < 1.29 is 14.1 Å². The van der Waals surface area contributed by atoms with Crippen molar-refractivity contribution in [3.8, 4) is 17.1 Å². The Kier molecular flexibility index (Phi) is 4.66. The van der Waals surface area contributed by atoms with Crippen LogP contribution in [0.25, 0.3) is 22.3 Å². The molecule has 148 valence electrons. The molecule has 4 heterocycles. The zero-order chi connectivity index (χ0) is 20.7. The summed E-state index contributed by atoms with van der Waals surface area (Å²) in [6.45, 7) is 5.87. The number of aromatic nitrogens is 5. The smallest absolute Gasteiger partial charge is 0.367 e. The highest BCUT2D eigenvalue weighted by atomic mass is 16.5. The number of hydrogen-bond donors (Lipinski definition) is 2. The van der Waals surface area contributed by atoms with E-state index in [1.54, 1.807) is 13.3 Å². The quantitative estimate of drug-likeness (QED) is 0.405. The Morgan fingerprint density at radius 2 is 2.00 bits per heavy atom. The SMILES string of the molecule is COc1ccc(-c2cc3cc(CC(=O)c4n[nH]c(C)c4C)cnc3[nH]2)c(C)[n+]1C. The molecule has 0 atom stereocenters. The van der Waals surface area contributed by atoms with E-state index in [0.717, 1.165) is 50.7 Å². The van der Waals surface area contributed by atoms with Crippen molar-refractivity contribution in [3.05, 3.63) is 58.7 Å². The second-order valence-electron chi connectivity index (χ2n) is 7.32. The molecular formula is C22H24N5O2+. The minimum atomic E-state index is -0.0122.